The van der Waals surface area contributed by atoms with Crippen LogP contribution in [0.15, 0.2) is 79.0 Å². The van der Waals surface area contributed by atoms with Gasteiger partial charge in [0.2, 0.25) is 5.91 Å². The third-order valence-corrected chi connectivity index (χ3v) is 5.60. The van der Waals surface area contributed by atoms with Gasteiger partial charge in [0.1, 0.15) is 0 Å². The number of aryl methyl sites for hydroxylation is 2. The van der Waals surface area contributed by atoms with Crippen LogP contribution in [0.1, 0.15) is 38.5 Å². The van der Waals surface area contributed by atoms with Crippen LogP contribution in [0.25, 0.3) is 10.9 Å². The fourth-order valence-corrected chi connectivity index (χ4v) is 4.12. The zero-order valence-electron chi connectivity index (χ0n) is 18.3. The van der Waals surface area contributed by atoms with E-state index in [4.69, 9.17) is 0 Å². The van der Waals surface area contributed by atoms with Gasteiger partial charge in [-0.15, -0.1) is 0 Å². The van der Waals surface area contributed by atoms with E-state index in [9.17, 15) is 9.59 Å². The Labute approximate surface area is 187 Å². The molecule has 3 N–H and O–H groups in total. The summed E-state index contributed by atoms with van der Waals surface area (Å²) in [5.74, 6) is -0.474. The van der Waals surface area contributed by atoms with Crippen LogP contribution in [-0.4, -0.2) is 29.9 Å². The molecule has 162 valence electrons. The highest BCUT2D eigenvalue weighted by Crippen LogP contribution is 2.30. The Bertz CT molecular complexity index is 1220. The van der Waals surface area contributed by atoms with Crippen LogP contribution in [-0.2, 0) is 4.79 Å². The molecule has 0 unspecified atom stereocenters. The van der Waals surface area contributed by atoms with Crippen LogP contribution in [0, 0.1) is 13.8 Å². The predicted molar refractivity (Wildman–Crippen MR) is 128 cm³/mol. The van der Waals surface area contributed by atoms with Gasteiger partial charge in [0, 0.05) is 35.1 Å². The average Bonchev–Trinajstić information content (AvgIpc) is 3.22. The van der Waals surface area contributed by atoms with E-state index in [2.05, 4.69) is 33.8 Å². The zero-order chi connectivity index (χ0) is 22.5. The van der Waals surface area contributed by atoms with Crippen molar-refractivity contribution in [3.8, 4) is 0 Å². The van der Waals surface area contributed by atoms with Gasteiger partial charge in [-0.1, -0.05) is 65.7 Å². The number of carbonyl (C=O) groups excluding carboxylic acids is 2. The zero-order valence-corrected chi connectivity index (χ0v) is 18.3. The van der Waals surface area contributed by atoms with Gasteiger partial charge in [0.25, 0.3) is 5.91 Å². The van der Waals surface area contributed by atoms with E-state index < -0.39 is 0 Å². The Morgan fingerprint density at radius 2 is 1.56 bits per heavy atom. The Morgan fingerprint density at radius 3 is 2.31 bits per heavy atom. The highest BCUT2D eigenvalue weighted by molar-refractivity contribution is 5.96. The molecule has 32 heavy (non-hydrogen) atoms. The first-order chi connectivity index (χ1) is 15.5. The van der Waals surface area contributed by atoms with Crippen molar-refractivity contribution in [3.05, 3.63) is 107 Å². The maximum Gasteiger partial charge on any atom is 0.251 e. The molecule has 1 heterocycles. The Morgan fingerprint density at radius 1 is 0.875 bits per heavy atom. The Kier molecular flexibility index (Phi) is 6.36. The summed E-state index contributed by atoms with van der Waals surface area (Å²) in [7, 11) is 0. The number of hydrogen-bond donors (Lipinski definition) is 3. The molecule has 1 atom stereocenters. The first-order valence-corrected chi connectivity index (χ1v) is 10.8. The topological polar surface area (TPSA) is 74.0 Å². The van der Waals surface area contributed by atoms with E-state index in [0.29, 0.717) is 12.1 Å². The molecular formula is C27H27N3O2. The lowest BCUT2D eigenvalue weighted by molar-refractivity contribution is -0.120. The van der Waals surface area contributed by atoms with Crippen LogP contribution >= 0.6 is 0 Å². The smallest absolute Gasteiger partial charge is 0.251 e. The van der Waals surface area contributed by atoms with Crippen LogP contribution in [0.2, 0.25) is 0 Å². The number of aromatic nitrogens is 1. The van der Waals surface area contributed by atoms with Gasteiger partial charge in [-0.25, -0.2) is 0 Å². The monoisotopic (exact) mass is 425 g/mol. The van der Waals surface area contributed by atoms with E-state index in [1.54, 1.807) is 0 Å². The molecule has 1 aromatic heterocycles. The molecule has 4 rings (SSSR count). The predicted octanol–water partition coefficient (Wildman–Crippen LogP) is 4.46. The lowest BCUT2D eigenvalue weighted by Crippen LogP contribution is -2.38. The van der Waals surface area contributed by atoms with E-state index in [1.165, 1.54) is 0 Å². The summed E-state index contributed by atoms with van der Waals surface area (Å²) in [5.41, 5.74) is 5.92. The second-order valence-corrected chi connectivity index (χ2v) is 8.12. The molecule has 3 aromatic carbocycles. The Hall–Kier alpha value is -3.86. The third-order valence-electron chi connectivity index (χ3n) is 5.60. The summed E-state index contributed by atoms with van der Waals surface area (Å²) in [6, 6.07) is 23.9. The molecule has 0 aliphatic rings. The van der Waals surface area contributed by atoms with Gasteiger partial charge in [-0.05, 0) is 43.2 Å². The molecule has 0 saturated carbocycles. The number of fused-ring (bicyclic) bond motifs is 1. The molecule has 0 aliphatic heterocycles. The number of H-pyrrole nitrogens is 1. The number of aromatic amines is 1. The van der Waals surface area contributed by atoms with Crippen molar-refractivity contribution in [2.24, 2.45) is 0 Å². The number of amides is 2. The lowest BCUT2D eigenvalue weighted by atomic mass is 9.91. The van der Waals surface area contributed by atoms with Gasteiger partial charge < -0.3 is 15.6 Å². The summed E-state index contributed by atoms with van der Waals surface area (Å²) in [6.45, 7) is 4.27. The summed E-state index contributed by atoms with van der Waals surface area (Å²) >= 11 is 0. The van der Waals surface area contributed by atoms with E-state index in [0.717, 1.165) is 33.2 Å². The second kappa shape index (κ2) is 9.52. The summed E-state index contributed by atoms with van der Waals surface area (Å²) in [5, 5.41) is 6.86. The molecule has 4 aromatic rings. The van der Waals surface area contributed by atoms with Crippen molar-refractivity contribution in [2.75, 3.05) is 13.1 Å². The van der Waals surface area contributed by atoms with Crippen molar-refractivity contribution >= 4 is 22.7 Å². The fraction of sp³-hybridized carbons (Fsp3) is 0.185. The summed E-state index contributed by atoms with van der Waals surface area (Å²) in [4.78, 5) is 28.3. The van der Waals surface area contributed by atoms with Crippen molar-refractivity contribution in [3.63, 3.8) is 0 Å². The van der Waals surface area contributed by atoms with Crippen molar-refractivity contribution in [2.45, 2.75) is 19.8 Å². The van der Waals surface area contributed by atoms with E-state index >= 15 is 0 Å². The van der Waals surface area contributed by atoms with Gasteiger partial charge in [0.05, 0.1) is 6.54 Å². The van der Waals surface area contributed by atoms with Crippen LogP contribution in [0.4, 0.5) is 0 Å². The number of nitrogens with one attached hydrogen (secondary N) is 3. The van der Waals surface area contributed by atoms with E-state index in [-0.39, 0.29) is 24.3 Å². The SMILES string of the molecule is Cc1cc(C)cc(C(=O)NCC(=O)NC[C@H](c2ccccc2)c2c[nH]c3ccccc23)c1. The minimum atomic E-state index is -0.247. The van der Waals surface area contributed by atoms with Crippen molar-refractivity contribution < 1.29 is 9.59 Å². The van der Waals surface area contributed by atoms with Gasteiger partial charge >= 0.3 is 0 Å². The molecule has 0 spiro atoms. The number of para-hydroxylation sites is 1. The largest absolute Gasteiger partial charge is 0.361 e. The van der Waals surface area contributed by atoms with Gasteiger partial charge in [-0.3, -0.25) is 9.59 Å². The van der Waals surface area contributed by atoms with Crippen LogP contribution in [0.5, 0.6) is 0 Å². The fourth-order valence-electron chi connectivity index (χ4n) is 4.12. The molecular weight excluding hydrogens is 398 g/mol. The van der Waals surface area contributed by atoms with Crippen molar-refractivity contribution in [1.29, 1.82) is 0 Å². The molecule has 5 nitrogen and oxygen atoms in total. The molecule has 0 aliphatic carbocycles. The van der Waals surface area contributed by atoms with Crippen LogP contribution in [0.3, 0.4) is 0 Å². The normalized spacial score (nSPS) is 11.8. The number of carbonyl (C=O) groups is 2. The van der Waals surface area contributed by atoms with Gasteiger partial charge in [0.15, 0.2) is 0 Å². The maximum absolute atomic E-state index is 12.5. The average molecular weight is 426 g/mol. The highest BCUT2D eigenvalue weighted by atomic mass is 16.2. The van der Waals surface area contributed by atoms with Crippen LogP contribution < -0.4 is 10.6 Å². The summed E-state index contributed by atoms with van der Waals surface area (Å²) in [6.07, 6.45) is 2.01. The van der Waals surface area contributed by atoms with Crippen molar-refractivity contribution in [1.82, 2.24) is 15.6 Å². The quantitative estimate of drug-likeness (QED) is 0.409. The highest BCUT2D eigenvalue weighted by Gasteiger charge is 2.19. The maximum atomic E-state index is 12.5. The summed E-state index contributed by atoms with van der Waals surface area (Å²) < 4.78 is 0. The number of hydrogen-bond acceptors (Lipinski definition) is 2. The Balaban J connectivity index is 1.44. The minimum Gasteiger partial charge on any atom is -0.361 e. The number of benzene rings is 3. The molecule has 0 saturated heterocycles. The molecule has 5 heteroatoms. The van der Waals surface area contributed by atoms with E-state index in [1.807, 2.05) is 74.6 Å². The first-order valence-electron chi connectivity index (χ1n) is 10.8. The standard InChI is InChI=1S/C27H27N3O2/c1-18-12-19(2)14-21(13-18)27(32)30-17-26(31)29-15-23(20-8-4-3-5-9-20)24-16-28-25-11-7-6-10-22(24)25/h3-14,16,23,28H,15,17H2,1-2H3,(H,29,31)(H,30,32)/t23-/m1/s1. The first kappa shape index (κ1) is 21.4. The van der Waals surface area contributed by atoms with Gasteiger partial charge in [-0.2, -0.15) is 0 Å². The lowest BCUT2D eigenvalue weighted by Gasteiger charge is -2.18. The molecule has 0 fully saturated rings. The second-order valence-electron chi connectivity index (χ2n) is 8.12. The molecule has 0 bridgehead atoms. The molecule has 2 amide bonds. The number of rotatable bonds is 7. The molecule has 0 radical (unpaired) electrons. The third kappa shape index (κ3) is 4.89. The minimum absolute atomic E-state index is 0.00794.